The normalized spacial score (nSPS) is 12.8. The van der Waals surface area contributed by atoms with E-state index < -0.39 is 23.7 Å². The molecule has 9 heteroatoms. The number of carboxylic acids is 1. The average Bonchev–Trinajstić information content (AvgIpc) is 2.79. The Morgan fingerprint density at radius 2 is 2.13 bits per heavy atom. The highest BCUT2D eigenvalue weighted by Crippen LogP contribution is 2.13. The molecule has 0 saturated carbocycles. The van der Waals surface area contributed by atoms with Crippen LogP contribution in [0.2, 0.25) is 0 Å². The second-order valence-electron chi connectivity index (χ2n) is 6.05. The number of nitrogen functional groups attached to an aromatic ring is 1. The molecule has 0 spiro atoms. The average molecular weight is 321 g/mol. The first-order chi connectivity index (χ1) is 10.7. The lowest BCUT2D eigenvalue weighted by Gasteiger charge is -2.21. The molecule has 0 bridgehead atoms. The van der Waals surface area contributed by atoms with Gasteiger partial charge in [0.25, 0.3) is 0 Å². The molecule has 0 aliphatic rings. The van der Waals surface area contributed by atoms with Gasteiger partial charge in [-0.15, -0.1) is 0 Å². The fourth-order valence-electron chi connectivity index (χ4n) is 1.99. The molecule has 2 rings (SSSR count). The van der Waals surface area contributed by atoms with Gasteiger partial charge in [0.1, 0.15) is 23.6 Å². The minimum Gasteiger partial charge on any atom is -0.480 e. The molecular weight excluding hydrogens is 302 g/mol. The molecule has 0 unspecified atom stereocenters. The Morgan fingerprint density at radius 1 is 1.43 bits per heavy atom. The monoisotopic (exact) mass is 321 g/mol. The van der Waals surface area contributed by atoms with E-state index in [1.165, 1.54) is 6.33 Å². The topological polar surface area (TPSA) is 132 Å². The predicted molar refractivity (Wildman–Crippen MR) is 81.9 cm³/mol. The Morgan fingerprint density at radius 3 is 2.70 bits per heavy atom. The molecule has 2 aromatic heterocycles. The van der Waals surface area contributed by atoms with Crippen molar-refractivity contribution < 1.29 is 19.4 Å². The van der Waals surface area contributed by atoms with E-state index in [1.54, 1.807) is 37.4 Å². The van der Waals surface area contributed by atoms with Gasteiger partial charge in [-0.3, -0.25) is 4.40 Å². The van der Waals surface area contributed by atoms with Gasteiger partial charge in [0.2, 0.25) is 5.95 Å². The summed E-state index contributed by atoms with van der Waals surface area (Å²) in [5, 5.41) is 11.6. The number of hydrogen-bond donors (Lipinski definition) is 3. The van der Waals surface area contributed by atoms with E-state index in [4.69, 9.17) is 10.5 Å². The summed E-state index contributed by atoms with van der Waals surface area (Å²) >= 11 is 0. The maximum Gasteiger partial charge on any atom is 0.408 e. The van der Waals surface area contributed by atoms with Crippen molar-refractivity contribution in [2.75, 3.05) is 5.73 Å². The summed E-state index contributed by atoms with van der Waals surface area (Å²) in [6, 6.07) is 0.557. The number of amides is 1. The number of fused-ring (bicyclic) bond motifs is 1. The quantitative estimate of drug-likeness (QED) is 0.759. The minimum atomic E-state index is -1.16. The number of carboxylic acid groups (broad SMARTS) is 1. The van der Waals surface area contributed by atoms with E-state index in [2.05, 4.69) is 15.3 Å². The van der Waals surface area contributed by atoms with Gasteiger partial charge in [-0.2, -0.15) is 0 Å². The fourth-order valence-corrected chi connectivity index (χ4v) is 1.99. The highest BCUT2D eigenvalue weighted by atomic mass is 16.6. The van der Waals surface area contributed by atoms with E-state index in [1.807, 2.05) is 0 Å². The zero-order chi connectivity index (χ0) is 17.2. The zero-order valence-electron chi connectivity index (χ0n) is 13.1. The number of carbonyl (C=O) groups is 2. The Balaban J connectivity index is 2.13. The molecule has 9 nitrogen and oxygen atoms in total. The van der Waals surface area contributed by atoms with Crippen LogP contribution in [0.15, 0.2) is 18.6 Å². The molecule has 1 amide bonds. The van der Waals surface area contributed by atoms with Crippen LogP contribution in [0.5, 0.6) is 0 Å². The summed E-state index contributed by atoms with van der Waals surface area (Å²) in [6.45, 7) is 5.10. The number of nitrogens with zero attached hydrogens (tertiary/aromatic N) is 3. The number of aromatic nitrogens is 3. The standard InChI is InChI=1S/C14H19N5O4/c1-14(2,3)23-13(22)18-9(11(20)21)4-8-5-10-16-7-17-12(15)19(10)6-8/h5-7,9H,4H2,1-3H3,(H,18,22)(H,20,21)(H2,15,16,17)/t9-/m0/s1. The summed E-state index contributed by atoms with van der Waals surface area (Å²) in [5.74, 6) is -0.918. The number of aliphatic carboxylic acids is 1. The fraction of sp³-hybridized carbons (Fsp3) is 0.429. The first kappa shape index (κ1) is 16.5. The summed E-state index contributed by atoms with van der Waals surface area (Å²) < 4.78 is 6.62. The van der Waals surface area contributed by atoms with Crippen LogP contribution in [-0.4, -0.2) is 43.2 Å². The number of ether oxygens (including phenoxy) is 1. The maximum atomic E-state index is 11.7. The second-order valence-corrected chi connectivity index (χ2v) is 6.05. The van der Waals surface area contributed by atoms with Gasteiger partial charge in [0, 0.05) is 12.6 Å². The van der Waals surface area contributed by atoms with Crippen LogP contribution in [0, 0.1) is 0 Å². The van der Waals surface area contributed by atoms with Crippen LogP contribution < -0.4 is 11.1 Å². The van der Waals surface area contributed by atoms with Crippen molar-refractivity contribution in [3.63, 3.8) is 0 Å². The first-order valence-corrected chi connectivity index (χ1v) is 6.95. The Labute approximate surface area is 132 Å². The molecule has 124 valence electrons. The smallest absolute Gasteiger partial charge is 0.408 e. The second kappa shape index (κ2) is 6.11. The SMILES string of the molecule is CC(C)(C)OC(=O)N[C@@H](Cc1cc2ncnc(N)n2c1)C(=O)O. The van der Waals surface area contributed by atoms with Crippen LogP contribution in [0.3, 0.4) is 0 Å². The van der Waals surface area contributed by atoms with Gasteiger partial charge in [-0.1, -0.05) is 0 Å². The third kappa shape index (κ3) is 4.31. The van der Waals surface area contributed by atoms with E-state index in [0.717, 1.165) is 0 Å². The van der Waals surface area contributed by atoms with Crippen molar-refractivity contribution in [1.82, 2.24) is 19.7 Å². The van der Waals surface area contributed by atoms with Crippen molar-refractivity contribution in [3.8, 4) is 0 Å². The van der Waals surface area contributed by atoms with Crippen molar-refractivity contribution in [3.05, 3.63) is 24.2 Å². The van der Waals surface area contributed by atoms with Crippen LogP contribution in [0.4, 0.5) is 10.7 Å². The molecular formula is C14H19N5O4. The Kier molecular flexibility index (Phi) is 4.39. The van der Waals surface area contributed by atoms with Gasteiger partial charge in [-0.25, -0.2) is 19.6 Å². The Bertz CT molecular complexity index is 734. The zero-order valence-corrected chi connectivity index (χ0v) is 13.1. The van der Waals surface area contributed by atoms with Gasteiger partial charge in [-0.05, 0) is 32.4 Å². The van der Waals surface area contributed by atoms with E-state index >= 15 is 0 Å². The van der Waals surface area contributed by atoms with Gasteiger partial charge in [0.05, 0.1) is 0 Å². The lowest BCUT2D eigenvalue weighted by molar-refractivity contribution is -0.139. The number of carbonyl (C=O) groups excluding carboxylic acids is 1. The van der Waals surface area contributed by atoms with Crippen LogP contribution >= 0.6 is 0 Å². The van der Waals surface area contributed by atoms with Crippen molar-refractivity contribution in [2.24, 2.45) is 0 Å². The molecule has 0 fully saturated rings. The van der Waals surface area contributed by atoms with Crippen LogP contribution in [-0.2, 0) is 16.0 Å². The number of nitrogens with one attached hydrogen (secondary N) is 1. The van der Waals surface area contributed by atoms with Crippen molar-refractivity contribution >= 4 is 23.7 Å². The first-order valence-electron chi connectivity index (χ1n) is 6.95. The van der Waals surface area contributed by atoms with E-state index in [9.17, 15) is 14.7 Å². The molecule has 23 heavy (non-hydrogen) atoms. The number of hydrogen-bond acceptors (Lipinski definition) is 6. The number of alkyl carbamates (subject to hydrolysis) is 1. The molecule has 0 radical (unpaired) electrons. The third-order valence-electron chi connectivity index (χ3n) is 2.91. The Hall–Kier alpha value is -2.84. The minimum absolute atomic E-state index is 0.0668. The van der Waals surface area contributed by atoms with Gasteiger partial charge < -0.3 is 20.9 Å². The largest absolute Gasteiger partial charge is 0.480 e. The molecule has 2 aromatic rings. The maximum absolute atomic E-state index is 11.7. The van der Waals surface area contributed by atoms with Crippen molar-refractivity contribution in [1.29, 1.82) is 0 Å². The molecule has 0 aliphatic heterocycles. The number of anilines is 1. The molecule has 2 heterocycles. The highest BCUT2D eigenvalue weighted by Gasteiger charge is 2.24. The lowest BCUT2D eigenvalue weighted by Crippen LogP contribution is -2.44. The van der Waals surface area contributed by atoms with Gasteiger partial charge >= 0.3 is 12.1 Å². The summed E-state index contributed by atoms with van der Waals surface area (Å²) in [4.78, 5) is 31.0. The summed E-state index contributed by atoms with van der Waals surface area (Å²) in [7, 11) is 0. The summed E-state index contributed by atoms with van der Waals surface area (Å²) in [6.07, 6.45) is 2.24. The molecule has 0 aromatic carbocycles. The van der Waals surface area contributed by atoms with Crippen molar-refractivity contribution in [2.45, 2.75) is 38.8 Å². The number of nitrogens with two attached hydrogens (primary N) is 1. The van der Waals surface area contributed by atoms with Gasteiger partial charge in [0.15, 0.2) is 0 Å². The van der Waals surface area contributed by atoms with E-state index in [-0.39, 0.29) is 12.4 Å². The number of rotatable bonds is 4. The van der Waals surface area contributed by atoms with Crippen LogP contribution in [0.1, 0.15) is 26.3 Å². The lowest BCUT2D eigenvalue weighted by atomic mass is 10.1. The molecule has 1 atom stereocenters. The molecule has 0 aliphatic carbocycles. The van der Waals surface area contributed by atoms with E-state index in [0.29, 0.717) is 11.2 Å². The molecule has 4 N–H and O–H groups in total. The van der Waals surface area contributed by atoms with Crippen LogP contribution in [0.25, 0.3) is 5.65 Å². The highest BCUT2D eigenvalue weighted by molar-refractivity contribution is 5.80. The summed E-state index contributed by atoms with van der Waals surface area (Å²) in [5.41, 5.74) is 6.21. The predicted octanol–water partition coefficient (Wildman–Crippen LogP) is 0.832. The molecule has 0 saturated heterocycles. The third-order valence-corrected chi connectivity index (χ3v) is 2.91.